The number of anilines is 2. The van der Waals surface area contributed by atoms with Crippen LogP contribution in [0.5, 0.6) is 5.75 Å². The number of urea groups is 1. The number of hydrogen-bond donors (Lipinski definition) is 1. The summed E-state index contributed by atoms with van der Waals surface area (Å²) in [7, 11) is 0. The van der Waals surface area contributed by atoms with Crippen LogP contribution < -0.4 is 19.5 Å². The first kappa shape index (κ1) is 14.4. The molecule has 2 aromatic carbocycles. The first-order chi connectivity index (χ1) is 11.7. The van der Waals surface area contributed by atoms with Gasteiger partial charge in [-0.1, -0.05) is 12.1 Å². The second kappa shape index (κ2) is 5.49. The van der Waals surface area contributed by atoms with E-state index in [1.807, 2.05) is 31.2 Å². The lowest BCUT2D eigenvalue weighted by Gasteiger charge is -2.20. The number of para-hydroxylation sites is 2. The van der Waals surface area contributed by atoms with Gasteiger partial charge in [0.2, 0.25) is 5.69 Å². The van der Waals surface area contributed by atoms with Crippen molar-refractivity contribution in [3.05, 3.63) is 48.5 Å². The Hall–Kier alpha value is -3.15. The van der Waals surface area contributed by atoms with Crippen molar-refractivity contribution in [2.24, 2.45) is 0 Å². The molecule has 0 aromatic heterocycles. The molecule has 3 amide bonds. The van der Waals surface area contributed by atoms with E-state index in [9.17, 15) is 9.59 Å². The maximum atomic E-state index is 12.9. The Morgan fingerprint density at radius 1 is 1.08 bits per heavy atom. The van der Waals surface area contributed by atoms with E-state index in [2.05, 4.69) is 4.99 Å². The quantitative estimate of drug-likeness (QED) is 0.865. The highest BCUT2D eigenvalue weighted by Gasteiger charge is 2.50. The number of nitrogens with one attached hydrogen (secondary N) is 1. The fraction of sp³-hybridized carbons (Fsp3) is 0.167. The molecule has 0 spiro atoms. The first-order valence-electron chi connectivity index (χ1n) is 7.79. The van der Waals surface area contributed by atoms with Crippen molar-refractivity contribution >= 4 is 35.2 Å². The van der Waals surface area contributed by atoms with E-state index in [0.717, 1.165) is 5.69 Å². The van der Waals surface area contributed by atoms with Crippen LogP contribution in [-0.2, 0) is 4.79 Å². The van der Waals surface area contributed by atoms with Crippen LogP contribution in [0.3, 0.4) is 0 Å². The molecule has 2 aliphatic rings. The van der Waals surface area contributed by atoms with Crippen LogP contribution in [0, 0.1) is 0 Å². The Bertz CT molecular complexity index is 845. The molecule has 1 atom stereocenters. The zero-order valence-corrected chi connectivity index (χ0v) is 13.1. The van der Waals surface area contributed by atoms with E-state index in [-0.39, 0.29) is 11.9 Å². The molecule has 1 saturated heterocycles. The van der Waals surface area contributed by atoms with Gasteiger partial charge in [0, 0.05) is 6.07 Å². The monoisotopic (exact) mass is 322 g/mol. The minimum Gasteiger partial charge on any atom is -0.494 e. The average Bonchev–Trinajstić information content (AvgIpc) is 2.87. The number of hydrogen-bond acceptors (Lipinski definition) is 3. The molecule has 1 fully saturated rings. The molecule has 2 heterocycles. The molecule has 1 unspecified atom stereocenters. The normalized spacial score (nSPS) is 18.6. The van der Waals surface area contributed by atoms with Crippen LogP contribution in [0.15, 0.2) is 48.5 Å². The van der Waals surface area contributed by atoms with E-state index < -0.39 is 6.04 Å². The van der Waals surface area contributed by atoms with E-state index in [0.29, 0.717) is 23.7 Å². The van der Waals surface area contributed by atoms with E-state index in [4.69, 9.17) is 4.74 Å². The van der Waals surface area contributed by atoms with E-state index in [1.165, 1.54) is 9.80 Å². The number of ether oxygens (including phenoxy) is 1. The van der Waals surface area contributed by atoms with Crippen LogP contribution in [0.25, 0.3) is 0 Å². The molecule has 6 heteroatoms. The topological polar surface area (TPSA) is 63.8 Å². The molecular formula is C18H16N3O3+. The summed E-state index contributed by atoms with van der Waals surface area (Å²) < 4.78 is 5.40. The number of carbonyl (C=O) groups excluding carboxylic acids is 2. The van der Waals surface area contributed by atoms with Gasteiger partial charge in [-0.25, -0.2) is 14.7 Å². The third-order valence-corrected chi connectivity index (χ3v) is 4.12. The third kappa shape index (κ3) is 2.07. The second-order valence-corrected chi connectivity index (χ2v) is 5.53. The Labute approximate surface area is 139 Å². The van der Waals surface area contributed by atoms with Crippen molar-refractivity contribution in [1.82, 2.24) is 0 Å². The number of nitrogens with zero attached hydrogens (tertiary/aromatic N) is 2. The molecule has 2 aromatic rings. The molecular weight excluding hydrogens is 306 g/mol. The highest BCUT2D eigenvalue weighted by Crippen LogP contribution is 2.33. The number of amides is 3. The highest BCUT2D eigenvalue weighted by atomic mass is 16.5. The van der Waals surface area contributed by atoms with Crippen LogP contribution in [0.2, 0.25) is 0 Å². The van der Waals surface area contributed by atoms with Crippen molar-refractivity contribution < 1.29 is 19.3 Å². The number of imide groups is 1. The molecule has 0 radical (unpaired) electrons. The zero-order chi connectivity index (χ0) is 16.7. The number of fused-ring (bicyclic) bond motifs is 3. The number of rotatable bonds is 3. The lowest BCUT2D eigenvalue weighted by Crippen LogP contribution is -2.69. The van der Waals surface area contributed by atoms with Gasteiger partial charge < -0.3 is 4.74 Å². The predicted molar refractivity (Wildman–Crippen MR) is 89.9 cm³/mol. The van der Waals surface area contributed by atoms with Crippen LogP contribution >= 0.6 is 0 Å². The molecule has 4 rings (SSSR count). The van der Waals surface area contributed by atoms with Crippen LogP contribution in [0.1, 0.15) is 6.92 Å². The molecule has 0 aliphatic carbocycles. The maximum Gasteiger partial charge on any atom is 0.337 e. The smallest absolute Gasteiger partial charge is 0.337 e. The summed E-state index contributed by atoms with van der Waals surface area (Å²) in [5.74, 6) is 0.433. The molecule has 1 N–H and O–H groups in total. The van der Waals surface area contributed by atoms with Gasteiger partial charge in [0.25, 0.3) is 5.91 Å². The van der Waals surface area contributed by atoms with Gasteiger partial charge >= 0.3 is 6.03 Å². The summed E-state index contributed by atoms with van der Waals surface area (Å²) in [6, 6.07) is 13.4. The molecule has 24 heavy (non-hydrogen) atoms. The standard InChI is InChI=1S/C18H15N3O3/c1-2-24-13-9-7-12(8-10-13)20-17(22)16-11-19-14-5-3-4-6-15(14)21(16)18(20)23/h3-11,16H,2H2,1H3/p+1. The summed E-state index contributed by atoms with van der Waals surface area (Å²) in [6.07, 6.45) is 1.65. The highest BCUT2D eigenvalue weighted by molar-refractivity contribution is 6.33. The Morgan fingerprint density at radius 2 is 1.83 bits per heavy atom. The fourth-order valence-electron chi connectivity index (χ4n) is 3.03. The van der Waals surface area contributed by atoms with Crippen molar-refractivity contribution in [3.8, 4) is 5.75 Å². The molecule has 2 aliphatic heterocycles. The lowest BCUT2D eigenvalue weighted by atomic mass is 10.1. The van der Waals surface area contributed by atoms with Gasteiger partial charge in [0.15, 0.2) is 12.3 Å². The lowest BCUT2D eigenvalue weighted by molar-refractivity contribution is -0.350. The van der Waals surface area contributed by atoms with E-state index >= 15 is 0 Å². The van der Waals surface area contributed by atoms with Gasteiger partial charge in [-0.2, -0.15) is 0 Å². The first-order valence-corrected chi connectivity index (χ1v) is 7.79. The van der Waals surface area contributed by atoms with Crippen molar-refractivity contribution in [3.63, 3.8) is 0 Å². The Balaban J connectivity index is 1.71. The summed E-state index contributed by atoms with van der Waals surface area (Å²) in [6.45, 7) is 2.47. The number of carbonyl (C=O) groups is 2. The fourth-order valence-corrected chi connectivity index (χ4v) is 3.03. The van der Waals surface area contributed by atoms with Crippen LogP contribution in [-0.4, -0.2) is 30.8 Å². The van der Waals surface area contributed by atoms with Gasteiger partial charge in [-0.3, -0.25) is 9.69 Å². The SMILES string of the molecule is CCOc1ccc(N2C(=O)C3C=[NH+]c4ccccc4N3C2=O)cc1. The summed E-state index contributed by atoms with van der Waals surface area (Å²) in [5, 5.41) is 0. The van der Waals surface area contributed by atoms with Gasteiger partial charge in [0.05, 0.1) is 12.3 Å². The third-order valence-electron chi connectivity index (χ3n) is 4.12. The summed E-state index contributed by atoms with van der Waals surface area (Å²) >= 11 is 0. The van der Waals surface area contributed by atoms with E-state index in [1.54, 1.807) is 30.5 Å². The summed E-state index contributed by atoms with van der Waals surface area (Å²) in [4.78, 5) is 31.4. The summed E-state index contributed by atoms with van der Waals surface area (Å²) in [5.41, 5.74) is 2.05. The molecule has 0 bridgehead atoms. The molecule has 0 saturated carbocycles. The van der Waals surface area contributed by atoms with Crippen molar-refractivity contribution in [2.75, 3.05) is 16.4 Å². The van der Waals surface area contributed by atoms with Gasteiger partial charge in [-0.15, -0.1) is 0 Å². The number of benzene rings is 2. The second-order valence-electron chi connectivity index (χ2n) is 5.53. The average molecular weight is 322 g/mol. The largest absolute Gasteiger partial charge is 0.494 e. The van der Waals surface area contributed by atoms with Crippen LogP contribution in [0.4, 0.5) is 21.9 Å². The Kier molecular flexibility index (Phi) is 3.30. The predicted octanol–water partition coefficient (Wildman–Crippen LogP) is 1.22. The van der Waals surface area contributed by atoms with Gasteiger partial charge in [0.1, 0.15) is 11.4 Å². The Morgan fingerprint density at radius 3 is 2.58 bits per heavy atom. The van der Waals surface area contributed by atoms with Crippen molar-refractivity contribution in [2.45, 2.75) is 13.0 Å². The molecule has 6 nitrogen and oxygen atoms in total. The minimum atomic E-state index is -0.640. The zero-order valence-electron chi connectivity index (χ0n) is 13.1. The maximum absolute atomic E-state index is 12.9. The van der Waals surface area contributed by atoms with Crippen molar-refractivity contribution in [1.29, 1.82) is 0 Å². The minimum absolute atomic E-state index is 0.272. The molecule has 120 valence electrons. The van der Waals surface area contributed by atoms with Gasteiger partial charge in [-0.05, 0) is 37.3 Å².